The maximum Gasteiger partial charge on any atom is 0.214 e. The van der Waals surface area contributed by atoms with Crippen molar-refractivity contribution in [3.8, 4) is 11.3 Å². The average Bonchev–Trinajstić information content (AvgIpc) is 2.91. The minimum atomic E-state index is -0.242. The minimum absolute atomic E-state index is 0.242. The molecule has 4 heteroatoms. The lowest BCUT2D eigenvalue weighted by Gasteiger charge is -2.32. The summed E-state index contributed by atoms with van der Waals surface area (Å²) in [6, 6.07) is 14.0. The van der Waals surface area contributed by atoms with Gasteiger partial charge in [0.05, 0.1) is 0 Å². The Bertz CT molecular complexity index is 764. The predicted octanol–water partition coefficient (Wildman–Crippen LogP) is 3.99. The molecule has 0 aliphatic carbocycles. The standard InChI is InChI=1S/C18H19N3O/c1-18(2,3)21(12-22)15-8-6-13(7-9-15)16-11-14-5-4-10-19-17(14)20-16/h4-12H,1-3H3,(H,19,20). The third kappa shape index (κ3) is 2.60. The molecule has 0 atom stereocenters. The van der Waals surface area contributed by atoms with Crippen molar-refractivity contribution < 1.29 is 4.79 Å². The number of nitrogens with one attached hydrogen (secondary N) is 1. The molecular formula is C18H19N3O. The smallest absolute Gasteiger partial charge is 0.214 e. The Kier molecular flexibility index (Phi) is 3.45. The Morgan fingerprint density at radius 3 is 2.45 bits per heavy atom. The lowest BCUT2D eigenvalue weighted by Crippen LogP contribution is -2.40. The number of hydrogen-bond acceptors (Lipinski definition) is 2. The molecule has 2 aromatic heterocycles. The molecule has 1 aromatic carbocycles. The Morgan fingerprint density at radius 1 is 1.14 bits per heavy atom. The highest BCUT2D eigenvalue weighted by Crippen LogP contribution is 2.27. The van der Waals surface area contributed by atoms with Crippen LogP contribution in [0.2, 0.25) is 0 Å². The first-order valence-electron chi connectivity index (χ1n) is 7.28. The van der Waals surface area contributed by atoms with Gasteiger partial charge in [-0.1, -0.05) is 12.1 Å². The van der Waals surface area contributed by atoms with E-state index in [0.717, 1.165) is 34.4 Å². The van der Waals surface area contributed by atoms with Crippen LogP contribution in [0, 0.1) is 0 Å². The van der Waals surface area contributed by atoms with Crippen molar-refractivity contribution in [1.82, 2.24) is 9.97 Å². The molecule has 0 bridgehead atoms. The van der Waals surface area contributed by atoms with Crippen molar-refractivity contribution in [3.05, 3.63) is 48.7 Å². The van der Waals surface area contributed by atoms with Crippen LogP contribution in [0.4, 0.5) is 5.69 Å². The molecule has 0 unspecified atom stereocenters. The van der Waals surface area contributed by atoms with E-state index in [1.807, 2.05) is 57.2 Å². The second kappa shape index (κ2) is 5.30. The highest BCUT2D eigenvalue weighted by molar-refractivity contribution is 5.84. The molecule has 3 rings (SSSR count). The third-order valence-corrected chi connectivity index (χ3v) is 3.68. The Morgan fingerprint density at radius 2 is 1.86 bits per heavy atom. The predicted molar refractivity (Wildman–Crippen MR) is 89.8 cm³/mol. The number of carbonyl (C=O) groups is 1. The number of aromatic amines is 1. The summed E-state index contributed by atoms with van der Waals surface area (Å²) in [5, 5.41) is 1.09. The normalized spacial score (nSPS) is 11.6. The van der Waals surface area contributed by atoms with Crippen LogP contribution < -0.4 is 4.90 Å². The Balaban J connectivity index is 1.95. The quantitative estimate of drug-likeness (QED) is 0.742. The van der Waals surface area contributed by atoms with Gasteiger partial charge in [0.15, 0.2) is 0 Å². The zero-order valence-corrected chi connectivity index (χ0v) is 13.0. The van der Waals surface area contributed by atoms with Gasteiger partial charge in [0.1, 0.15) is 5.65 Å². The number of H-pyrrole nitrogens is 1. The number of benzene rings is 1. The molecule has 0 fully saturated rings. The van der Waals surface area contributed by atoms with E-state index in [2.05, 4.69) is 16.0 Å². The van der Waals surface area contributed by atoms with Gasteiger partial charge < -0.3 is 9.88 Å². The maximum absolute atomic E-state index is 11.3. The van der Waals surface area contributed by atoms with Crippen LogP contribution in [-0.4, -0.2) is 21.9 Å². The van der Waals surface area contributed by atoms with Crippen molar-refractivity contribution >= 4 is 23.1 Å². The third-order valence-electron chi connectivity index (χ3n) is 3.68. The first kappa shape index (κ1) is 14.3. The van der Waals surface area contributed by atoms with Crippen molar-refractivity contribution in [2.45, 2.75) is 26.3 Å². The van der Waals surface area contributed by atoms with Gasteiger partial charge in [-0.2, -0.15) is 0 Å². The number of fused-ring (bicyclic) bond motifs is 1. The number of hydrogen-bond donors (Lipinski definition) is 1. The monoisotopic (exact) mass is 293 g/mol. The van der Waals surface area contributed by atoms with Gasteiger partial charge in [-0.25, -0.2) is 4.98 Å². The van der Waals surface area contributed by atoms with Gasteiger partial charge in [0.2, 0.25) is 6.41 Å². The summed E-state index contributed by atoms with van der Waals surface area (Å²) in [5.74, 6) is 0. The van der Waals surface area contributed by atoms with Gasteiger partial charge in [-0.15, -0.1) is 0 Å². The Hall–Kier alpha value is -2.62. The molecule has 22 heavy (non-hydrogen) atoms. The second-order valence-electron chi connectivity index (χ2n) is 6.32. The van der Waals surface area contributed by atoms with E-state index in [-0.39, 0.29) is 5.54 Å². The zero-order valence-electron chi connectivity index (χ0n) is 13.0. The van der Waals surface area contributed by atoms with E-state index in [9.17, 15) is 4.79 Å². The molecule has 0 saturated heterocycles. The minimum Gasteiger partial charge on any atom is -0.339 e. The van der Waals surface area contributed by atoms with Crippen LogP contribution >= 0.6 is 0 Å². The SMILES string of the molecule is CC(C)(C)N(C=O)c1ccc(-c2cc3cccnc3[nH]2)cc1. The van der Waals surface area contributed by atoms with E-state index in [4.69, 9.17) is 0 Å². The number of rotatable bonds is 3. The van der Waals surface area contributed by atoms with Crippen molar-refractivity contribution in [2.24, 2.45) is 0 Å². The average molecular weight is 293 g/mol. The number of aromatic nitrogens is 2. The fourth-order valence-electron chi connectivity index (χ4n) is 2.52. The molecular weight excluding hydrogens is 274 g/mol. The molecule has 1 amide bonds. The van der Waals surface area contributed by atoms with Crippen LogP contribution in [0.3, 0.4) is 0 Å². The van der Waals surface area contributed by atoms with Gasteiger partial charge >= 0.3 is 0 Å². The van der Waals surface area contributed by atoms with Crippen molar-refractivity contribution in [3.63, 3.8) is 0 Å². The zero-order chi connectivity index (χ0) is 15.7. The number of amides is 1. The Labute approximate surface area is 129 Å². The van der Waals surface area contributed by atoms with Crippen LogP contribution in [0.5, 0.6) is 0 Å². The first-order chi connectivity index (χ1) is 10.5. The molecule has 0 spiro atoms. The van der Waals surface area contributed by atoms with Gasteiger partial charge in [-0.05, 0) is 56.7 Å². The number of carbonyl (C=O) groups excluding carboxylic acids is 1. The number of nitrogens with zero attached hydrogens (tertiary/aromatic N) is 2. The summed E-state index contributed by atoms with van der Waals surface area (Å²) < 4.78 is 0. The highest BCUT2D eigenvalue weighted by Gasteiger charge is 2.21. The van der Waals surface area contributed by atoms with Crippen LogP contribution in [-0.2, 0) is 4.79 Å². The molecule has 3 aromatic rings. The lowest BCUT2D eigenvalue weighted by molar-refractivity contribution is -0.108. The van der Waals surface area contributed by atoms with Crippen molar-refractivity contribution in [2.75, 3.05) is 4.90 Å². The topological polar surface area (TPSA) is 49.0 Å². The van der Waals surface area contributed by atoms with Crippen LogP contribution in [0.15, 0.2) is 48.7 Å². The van der Waals surface area contributed by atoms with E-state index < -0.39 is 0 Å². The summed E-state index contributed by atoms with van der Waals surface area (Å²) in [5.41, 5.74) is 3.62. The summed E-state index contributed by atoms with van der Waals surface area (Å²) in [6.45, 7) is 6.04. The highest BCUT2D eigenvalue weighted by atomic mass is 16.1. The molecule has 2 heterocycles. The summed E-state index contributed by atoms with van der Waals surface area (Å²) in [6.07, 6.45) is 2.65. The molecule has 1 N–H and O–H groups in total. The van der Waals surface area contributed by atoms with Gasteiger partial charge in [-0.3, -0.25) is 4.79 Å². The lowest BCUT2D eigenvalue weighted by atomic mass is 10.0. The number of pyridine rings is 1. The van der Waals surface area contributed by atoms with E-state index in [0.29, 0.717) is 0 Å². The first-order valence-corrected chi connectivity index (χ1v) is 7.28. The molecule has 4 nitrogen and oxygen atoms in total. The van der Waals surface area contributed by atoms with E-state index >= 15 is 0 Å². The summed E-state index contributed by atoms with van der Waals surface area (Å²) in [4.78, 5) is 20.7. The summed E-state index contributed by atoms with van der Waals surface area (Å²) in [7, 11) is 0. The van der Waals surface area contributed by atoms with Gasteiger partial charge in [0, 0.05) is 28.5 Å². The fraction of sp³-hybridized carbons (Fsp3) is 0.222. The van der Waals surface area contributed by atoms with Crippen LogP contribution in [0.1, 0.15) is 20.8 Å². The molecule has 112 valence electrons. The largest absolute Gasteiger partial charge is 0.339 e. The fourth-order valence-corrected chi connectivity index (χ4v) is 2.52. The molecule has 0 radical (unpaired) electrons. The van der Waals surface area contributed by atoms with Gasteiger partial charge in [0.25, 0.3) is 0 Å². The second-order valence-corrected chi connectivity index (χ2v) is 6.32. The number of anilines is 1. The summed E-state index contributed by atoms with van der Waals surface area (Å²) >= 11 is 0. The van der Waals surface area contributed by atoms with E-state index in [1.165, 1.54) is 0 Å². The van der Waals surface area contributed by atoms with Crippen LogP contribution in [0.25, 0.3) is 22.3 Å². The molecule has 0 aliphatic rings. The maximum atomic E-state index is 11.3. The molecule has 0 saturated carbocycles. The molecule has 0 aliphatic heterocycles. The van der Waals surface area contributed by atoms with Crippen molar-refractivity contribution in [1.29, 1.82) is 0 Å². The van der Waals surface area contributed by atoms with E-state index in [1.54, 1.807) is 11.1 Å².